The van der Waals surface area contributed by atoms with Gasteiger partial charge in [-0.2, -0.15) is 0 Å². The minimum absolute atomic E-state index is 0.615. The van der Waals surface area contributed by atoms with E-state index < -0.39 is 0 Å². The van der Waals surface area contributed by atoms with Crippen LogP contribution in [0.15, 0.2) is 18.3 Å². The van der Waals surface area contributed by atoms with Gasteiger partial charge in [-0.15, -0.1) is 0 Å². The molecule has 1 heterocycles. The topological polar surface area (TPSA) is 28.2 Å². The average Bonchev–Trinajstić information content (AvgIpc) is 2.36. The van der Waals surface area contributed by atoms with Crippen molar-refractivity contribution < 1.29 is 0 Å². The highest BCUT2D eigenvalue weighted by atomic mass is 15.1. The third kappa shape index (κ3) is 4.35. The highest BCUT2D eigenvalue weighted by Crippen LogP contribution is 2.12. The van der Waals surface area contributed by atoms with Crippen molar-refractivity contribution in [3.05, 3.63) is 24.0 Å². The Bertz CT molecular complexity index is 325. The molecule has 0 aliphatic rings. The lowest BCUT2D eigenvalue weighted by molar-refractivity contribution is 0.203. The van der Waals surface area contributed by atoms with Gasteiger partial charge in [0.25, 0.3) is 0 Å². The number of hydrogen-bond donors (Lipinski definition) is 1. The van der Waals surface area contributed by atoms with Gasteiger partial charge in [-0.1, -0.05) is 13.8 Å². The molecular weight excluding hydrogens is 210 g/mol. The third-order valence-corrected chi connectivity index (χ3v) is 3.18. The van der Waals surface area contributed by atoms with Crippen LogP contribution in [0.2, 0.25) is 0 Å². The van der Waals surface area contributed by atoms with Crippen molar-refractivity contribution in [3.8, 4) is 0 Å². The molecule has 0 radical (unpaired) electrons. The molecule has 3 heteroatoms. The third-order valence-electron chi connectivity index (χ3n) is 3.18. The first kappa shape index (κ1) is 14.0. The van der Waals surface area contributed by atoms with Gasteiger partial charge in [0.05, 0.1) is 5.69 Å². The number of anilines is 1. The maximum Gasteiger partial charge on any atom is 0.0564 e. The van der Waals surface area contributed by atoms with Crippen molar-refractivity contribution in [1.82, 2.24) is 9.88 Å². The predicted molar refractivity (Wildman–Crippen MR) is 74.2 cm³/mol. The second-order valence-corrected chi connectivity index (χ2v) is 4.39. The van der Waals surface area contributed by atoms with E-state index in [9.17, 15) is 0 Å². The van der Waals surface area contributed by atoms with Crippen LogP contribution in [-0.4, -0.2) is 29.0 Å². The van der Waals surface area contributed by atoms with Crippen LogP contribution in [0.1, 0.15) is 39.8 Å². The molecule has 0 aliphatic carbocycles. The Labute approximate surface area is 105 Å². The van der Waals surface area contributed by atoms with Gasteiger partial charge in [0.2, 0.25) is 0 Å². The number of hydrogen-bond acceptors (Lipinski definition) is 3. The Morgan fingerprint density at radius 3 is 2.71 bits per heavy atom. The van der Waals surface area contributed by atoms with Crippen LogP contribution < -0.4 is 5.32 Å². The standard InChI is InChI=1S/C14H25N3/c1-5-12(4)17(7-3)11-14-10-13(15-6-2)8-9-16-14/h8-10,12H,5-7,11H2,1-4H3,(H,15,16). The summed E-state index contributed by atoms with van der Waals surface area (Å²) in [5.41, 5.74) is 2.31. The number of aromatic nitrogens is 1. The molecule has 3 nitrogen and oxygen atoms in total. The van der Waals surface area contributed by atoms with E-state index >= 15 is 0 Å². The zero-order valence-electron chi connectivity index (χ0n) is 11.5. The van der Waals surface area contributed by atoms with Gasteiger partial charge in [0.1, 0.15) is 0 Å². The molecular formula is C14H25N3. The average molecular weight is 235 g/mol. The second kappa shape index (κ2) is 7.28. The zero-order chi connectivity index (χ0) is 12.7. The Morgan fingerprint density at radius 2 is 2.12 bits per heavy atom. The lowest BCUT2D eigenvalue weighted by Crippen LogP contribution is -2.32. The second-order valence-electron chi connectivity index (χ2n) is 4.39. The Hall–Kier alpha value is -1.09. The number of pyridine rings is 1. The van der Waals surface area contributed by atoms with Gasteiger partial charge < -0.3 is 5.32 Å². The van der Waals surface area contributed by atoms with Crippen LogP contribution in [0.5, 0.6) is 0 Å². The molecule has 1 N–H and O–H groups in total. The fraction of sp³-hybridized carbons (Fsp3) is 0.643. The van der Waals surface area contributed by atoms with Gasteiger partial charge in [0.15, 0.2) is 0 Å². The minimum Gasteiger partial charge on any atom is -0.385 e. The van der Waals surface area contributed by atoms with Crippen LogP contribution in [0, 0.1) is 0 Å². The summed E-state index contributed by atoms with van der Waals surface area (Å²) in [7, 11) is 0. The fourth-order valence-electron chi connectivity index (χ4n) is 1.92. The van der Waals surface area contributed by atoms with Gasteiger partial charge in [-0.3, -0.25) is 9.88 Å². The van der Waals surface area contributed by atoms with Crippen LogP contribution in [0.3, 0.4) is 0 Å². The largest absolute Gasteiger partial charge is 0.385 e. The molecule has 1 aromatic heterocycles. The normalized spacial score (nSPS) is 12.8. The van der Waals surface area contributed by atoms with Crippen LogP contribution in [0.4, 0.5) is 5.69 Å². The van der Waals surface area contributed by atoms with Crippen LogP contribution in [0.25, 0.3) is 0 Å². The summed E-state index contributed by atoms with van der Waals surface area (Å²) in [5, 5.41) is 3.32. The van der Waals surface area contributed by atoms with E-state index in [1.165, 1.54) is 6.42 Å². The highest BCUT2D eigenvalue weighted by Gasteiger charge is 2.11. The zero-order valence-corrected chi connectivity index (χ0v) is 11.5. The first-order valence-corrected chi connectivity index (χ1v) is 6.64. The summed E-state index contributed by atoms with van der Waals surface area (Å²) in [6.45, 7) is 11.8. The molecule has 0 bridgehead atoms. The fourth-order valence-corrected chi connectivity index (χ4v) is 1.92. The van der Waals surface area contributed by atoms with Crippen molar-refractivity contribution in [3.63, 3.8) is 0 Å². The van der Waals surface area contributed by atoms with E-state index in [0.29, 0.717) is 6.04 Å². The van der Waals surface area contributed by atoms with Crippen LogP contribution >= 0.6 is 0 Å². The Morgan fingerprint density at radius 1 is 1.35 bits per heavy atom. The van der Waals surface area contributed by atoms with Crippen molar-refractivity contribution in [2.45, 2.75) is 46.7 Å². The monoisotopic (exact) mass is 235 g/mol. The van der Waals surface area contributed by atoms with Gasteiger partial charge >= 0.3 is 0 Å². The first-order chi connectivity index (χ1) is 8.21. The molecule has 0 amide bonds. The summed E-state index contributed by atoms with van der Waals surface area (Å²) in [6, 6.07) is 4.78. The highest BCUT2D eigenvalue weighted by molar-refractivity contribution is 5.42. The van der Waals surface area contributed by atoms with E-state index in [2.05, 4.69) is 49.0 Å². The number of nitrogens with zero attached hydrogens (tertiary/aromatic N) is 2. The molecule has 0 saturated heterocycles. The summed E-state index contributed by atoms with van der Waals surface area (Å²) < 4.78 is 0. The van der Waals surface area contributed by atoms with Crippen molar-refractivity contribution in [2.24, 2.45) is 0 Å². The molecule has 0 fully saturated rings. The SMILES string of the molecule is CCNc1ccnc(CN(CC)C(C)CC)c1. The molecule has 1 aromatic rings. The molecule has 96 valence electrons. The lowest BCUT2D eigenvalue weighted by atomic mass is 10.2. The van der Waals surface area contributed by atoms with Crippen molar-refractivity contribution in [2.75, 3.05) is 18.4 Å². The summed E-state index contributed by atoms with van der Waals surface area (Å²) in [5.74, 6) is 0. The quantitative estimate of drug-likeness (QED) is 0.787. The predicted octanol–water partition coefficient (Wildman–Crippen LogP) is 3.13. The smallest absolute Gasteiger partial charge is 0.0564 e. The van der Waals surface area contributed by atoms with Gasteiger partial charge in [0, 0.05) is 31.0 Å². The number of nitrogens with one attached hydrogen (secondary N) is 1. The molecule has 1 unspecified atom stereocenters. The summed E-state index contributed by atoms with van der Waals surface area (Å²) >= 11 is 0. The first-order valence-electron chi connectivity index (χ1n) is 6.64. The van der Waals surface area contributed by atoms with Crippen molar-refractivity contribution >= 4 is 5.69 Å². The van der Waals surface area contributed by atoms with E-state index in [1.54, 1.807) is 0 Å². The summed E-state index contributed by atoms with van der Waals surface area (Å²) in [6.07, 6.45) is 3.07. The molecule has 1 atom stereocenters. The molecule has 1 rings (SSSR count). The van der Waals surface area contributed by atoms with E-state index in [1.807, 2.05) is 12.3 Å². The minimum atomic E-state index is 0.615. The molecule has 0 aromatic carbocycles. The van der Waals surface area contributed by atoms with E-state index in [0.717, 1.165) is 31.0 Å². The van der Waals surface area contributed by atoms with E-state index in [4.69, 9.17) is 0 Å². The van der Waals surface area contributed by atoms with Crippen molar-refractivity contribution in [1.29, 1.82) is 0 Å². The van der Waals surface area contributed by atoms with Gasteiger partial charge in [-0.05, 0) is 38.9 Å². The number of rotatable bonds is 7. The molecule has 0 saturated carbocycles. The van der Waals surface area contributed by atoms with Crippen LogP contribution in [-0.2, 0) is 6.54 Å². The maximum atomic E-state index is 4.44. The Balaban J connectivity index is 2.68. The lowest BCUT2D eigenvalue weighted by Gasteiger charge is -2.26. The Kier molecular flexibility index (Phi) is 5.98. The molecule has 0 aliphatic heterocycles. The van der Waals surface area contributed by atoms with Gasteiger partial charge in [-0.25, -0.2) is 0 Å². The molecule has 17 heavy (non-hydrogen) atoms. The molecule has 0 spiro atoms. The maximum absolute atomic E-state index is 4.44. The summed E-state index contributed by atoms with van der Waals surface area (Å²) in [4.78, 5) is 6.90. The van der Waals surface area contributed by atoms with E-state index in [-0.39, 0.29) is 0 Å².